The molecule has 1 heterocycles. The maximum atomic E-state index is 12.3. The molecule has 1 aromatic carbocycles. The molecule has 0 fully saturated rings. The zero-order valence-corrected chi connectivity index (χ0v) is 15.1. The Labute approximate surface area is 155 Å². The summed E-state index contributed by atoms with van der Waals surface area (Å²) >= 11 is 0. The van der Waals surface area contributed by atoms with E-state index in [1.54, 1.807) is 26.0 Å². The average molecular weight is 373 g/mol. The zero-order valence-electron chi connectivity index (χ0n) is 15.1. The Hall–Kier alpha value is -3.39. The van der Waals surface area contributed by atoms with Crippen LogP contribution in [0.1, 0.15) is 41.0 Å². The summed E-state index contributed by atoms with van der Waals surface area (Å²) in [6, 6.07) is 5.16. The van der Waals surface area contributed by atoms with Gasteiger partial charge in [0.15, 0.2) is 0 Å². The second-order valence-corrected chi connectivity index (χ2v) is 6.59. The lowest BCUT2D eigenvalue weighted by atomic mass is 9.96. The molecule has 0 bridgehead atoms. The normalized spacial score (nSPS) is 14.3. The van der Waals surface area contributed by atoms with Crippen molar-refractivity contribution < 1.29 is 23.9 Å². The minimum atomic E-state index is -1.10. The monoisotopic (exact) mass is 373 g/mol. The van der Waals surface area contributed by atoms with E-state index >= 15 is 0 Å². The number of hydrogen-bond acceptors (Lipinski definition) is 6. The Morgan fingerprint density at radius 1 is 1.26 bits per heavy atom. The first-order valence-corrected chi connectivity index (χ1v) is 8.09. The molecule has 142 valence electrons. The fraction of sp³-hybridized carbons (Fsp3) is 0.412. The highest BCUT2D eigenvalue weighted by atomic mass is 16.5. The van der Waals surface area contributed by atoms with Gasteiger partial charge in [-0.3, -0.25) is 19.3 Å². The van der Waals surface area contributed by atoms with Crippen LogP contribution in [0.5, 0.6) is 0 Å². The summed E-state index contributed by atoms with van der Waals surface area (Å²) < 4.78 is 4.66. The number of nitrogens with zero attached hydrogens (tertiary/aromatic N) is 4. The topological polar surface area (TPSA) is 142 Å². The van der Waals surface area contributed by atoms with Crippen LogP contribution in [-0.2, 0) is 14.3 Å². The molecule has 0 spiro atoms. The summed E-state index contributed by atoms with van der Waals surface area (Å²) in [5, 5.41) is 6.01. The van der Waals surface area contributed by atoms with Crippen LogP contribution >= 0.6 is 0 Å². The number of hydrogen-bond donors (Lipinski definition) is 1. The lowest BCUT2D eigenvalue weighted by molar-refractivity contribution is -0.145. The van der Waals surface area contributed by atoms with E-state index in [0.29, 0.717) is 0 Å². The Morgan fingerprint density at radius 2 is 1.81 bits per heavy atom. The van der Waals surface area contributed by atoms with E-state index in [1.165, 1.54) is 12.1 Å². The summed E-state index contributed by atoms with van der Waals surface area (Å²) in [5.41, 5.74) is 8.09. The van der Waals surface area contributed by atoms with Crippen LogP contribution in [0.2, 0.25) is 0 Å². The number of esters is 1. The van der Waals surface area contributed by atoms with Crippen LogP contribution in [0.4, 0.5) is 0 Å². The second-order valence-electron chi connectivity index (χ2n) is 6.59. The Morgan fingerprint density at radius 3 is 2.30 bits per heavy atom. The third-order valence-electron chi connectivity index (χ3n) is 4.02. The second kappa shape index (κ2) is 7.88. The van der Waals surface area contributed by atoms with Crippen molar-refractivity contribution in [3.63, 3.8) is 0 Å². The Bertz CT molecular complexity index is 809. The van der Waals surface area contributed by atoms with Crippen LogP contribution in [-0.4, -0.2) is 53.8 Å². The lowest BCUT2D eigenvalue weighted by Gasteiger charge is -2.25. The van der Waals surface area contributed by atoms with Gasteiger partial charge in [-0.1, -0.05) is 31.1 Å². The van der Waals surface area contributed by atoms with Gasteiger partial charge in [0, 0.05) is 10.5 Å². The number of carbonyl (C=O) groups is 4. The van der Waals surface area contributed by atoms with Crippen molar-refractivity contribution in [3.8, 4) is 0 Å². The quantitative estimate of drug-likeness (QED) is 0.253. The van der Waals surface area contributed by atoms with Crippen LogP contribution in [0.3, 0.4) is 0 Å². The van der Waals surface area contributed by atoms with Gasteiger partial charge >= 0.3 is 5.97 Å². The fourth-order valence-electron chi connectivity index (χ4n) is 2.76. The molecule has 0 unspecified atom stereocenters. The average Bonchev–Trinajstić information content (AvgIpc) is 2.85. The Kier molecular flexibility index (Phi) is 5.81. The van der Waals surface area contributed by atoms with Gasteiger partial charge in [0.2, 0.25) is 5.91 Å². The third kappa shape index (κ3) is 4.42. The number of amides is 3. The molecule has 0 aliphatic carbocycles. The van der Waals surface area contributed by atoms with E-state index < -0.39 is 41.8 Å². The number of ether oxygens (including phenoxy) is 1. The van der Waals surface area contributed by atoms with Gasteiger partial charge < -0.3 is 10.1 Å². The molecular formula is C17H19N5O5. The van der Waals surface area contributed by atoms with E-state index in [-0.39, 0.29) is 17.5 Å². The maximum Gasteiger partial charge on any atom is 0.328 e. The first kappa shape index (κ1) is 19.9. The number of nitrogens with one attached hydrogen (secondary N) is 1. The summed E-state index contributed by atoms with van der Waals surface area (Å²) in [7, 11) is 1.16. The minimum absolute atomic E-state index is 0.0163. The summed E-state index contributed by atoms with van der Waals surface area (Å²) in [4.78, 5) is 52.4. The van der Waals surface area contributed by atoms with Crippen molar-refractivity contribution in [1.82, 2.24) is 10.2 Å². The van der Waals surface area contributed by atoms with E-state index in [1.807, 2.05) is 0 Å². The predicted octanol–water partition coefficient (Wildman–Crippen LogP) is 1.42. The highest BCUT2D eigenvalue weighted by Gasteiger charge is 2.37. The minimum Gasteiger partial charge on any atom is -0.467 e. The highest BCUT2D eigenvalue weighted by molar-refractivity contribution is 6.22. The van der Waals surface area contributed by atoms with Crippen molar-refractivity contribution in [2.24, 2.45) is 5.11 Å². The van der Waals surface area contributed by atoms with E-state index in [9.17, 15) is 19.2 Å². The van der Waals surface area contributed by atoms with E-state index in [2.05, 4.69) is 20.1 Å². The van der Waals surface area contributed by atoms with Crippen LogP contribution in [0.15, 0.2) is 29.4 Å². The van der Waals surface area contributed by atoms with Crippen molar-refractivity contribution >= 4 is 23.7 Å². The SMILES string of the molecule is COC(=O)[C@H](CC(C)(C)N=[N+]=[N-])NC(=O)CN1C(=O)c2ccccc2C1=O. The summed E-state index contributed by atoms with van der Waals surface area (Å²) in [6.07, 6.45) is -0.0163. The van der Waals surface area contributed by atoms with Gasteiger partial charge in [0.25, 0.3) is 11.8 Å². The number of fused-ring (bicyclic) bond motifs is 1. The summed E-state index contributed by atoms with van der Waals surface area (Å²) in [6.45, 7) is 2.65. The third-order valence-corrected chi connectivity index (χ3v) is 4.02. The molecule has 0 radical (unpaired) electrons. The van der Waals surface area contributed by atoms with Gasteiger partial charge in [-0.15, -0.1) is 0 Å². The largest absolute Gasteiger partial charge is 0.467 e. The molecule has 3 amide bonds. The van der Waals surface area contributed by atoms with Gasteiger partial charge in [0.1, 0.15) is 12.6 Å². The van der Waals surface area contributed by atoms with Crippen LogP contribution < -0.4 is 5.32 Å². The first-order valence-electron chi connectivity index (χ1n) is 8.09. The molecule has 10 heteroatoms. The fourth-order valence-corrected chi connectivity index (χ4v) is 2.76. The predicted molar refractivity (Wildman–Crippen MR) is 93.6 cm³/mol. The van der Waals surface area contributed by atoms with Crippen molar-refractivity contribution in [2.45, 2.75) is 31.8 Å². The molecule has 10 nitrogen and oxygen atoms in total. The molecule has 0 saturated carbocycles. The number of carbonyl (C=O) groups excluding carboxylic acids is 4. The lowest BCUT2D eigenvalue weighted by Crippen LogP contribution is -2.49. The molecule has 0 saturated heterocycles. The standard InChI is InChI=1S/C17H19N5O5/c1-17(2,20-21-18)8-12(16(26)27-3)19-13(23)9-22-14(24)10-6-4-5-7-11(10)15(22)25/h4-7,12H,8-9H2,1-3H3,(H,19,23)/t12-/m0/s1. The highest BCUT2D eigenvalue weighted by Crippen LogP contribution is 2.22. The van der Waals surface area contributed by atoms with Crippen molar-refractivity contribution in [2.75, 3.05) is 13.7 Å². The van der Waals surface area contributed by atoms with E-state index in [0.717, 1.165) is 12.0 Å². The van der Waals surface area contributed by atoms with Crippen molar-refractivity contribution in [1.29, 1.82) is 0 Å². The maximum absolute atomic E-state index is 12.3. The van der Waals surface area contributed by atoms with Crippen LogP contribution in [0.25, 0.3) is 10.4 Å². The van der Waals surface area contributed by atoms with E-state index in [4.69, 9.17) is 5.53 Å². The molecule has 1 atom stereocenters. The summed E-state index contributed by atoms with van der Waals surface area (Å²) in [5.74, 6) is -2.59. The molecular weight excluding hydrogens is 354 g/mol. The first-order chi connectivity index (χ1) is 12.7. The van der Waals surface area contributed by atoms with Gasteiger partial charge in [0.05, 0.1) is 18.2 Å². The van der Waals surface area contributed by atoms with Gasteiger partial charge in [-0.05, 0) is 24.1 Å². The Balaban J connectivity index is 2.10. The zero-order chi connectivity index (χ0) is 20.2. The smallest absolute Gasteiger partial charge is 0.328 e. The molecule has 0 aromatic heterocycles. The number of rotatable bonds is 7. The van der Waals surface area contributed by atoms with Gasteiger partial charge in [-0.25, -0.2) is 4.79 Å². The number of imide groups is 1. The van der Waals surface area contributed by atoms with Crippen LogP contribution in [0, 0.1) is 0 Å². The number of methoxy groups -OCH3 is 1. The molecule has 1 aliphatic heterocycles. The molecule has 1 N–H and O–H groups in total. The number of benzene rings is 1. The molecule has 2 rings (SSSR count). The molecule has 27 heavy (non-hydrogen) atoms. The van der Waals surface area contributed by atoms with Gasteiger partial charge in [-0.2, -0.15) is 0 Å². The number of azide groups is 1. The molecule has 1 aliphatic rings. The van der Waals surface area contributed by atoms with Crippen molar-refractivity contribution in [3.05, 3.63) is 45.8 Å². The molecule has 1 aromatic rings.